The van der Waals surface area contributed by atoms with Gasteiger partial charge in [-0.25, -0.2) is 14.6 Å². The number of carbonyl (C=O) groups excluding carboxylic acids is 2. The molecule has 0 saturated carbocycles. The third kappa shape index (κ3) is 4.49. The van der Waals surface area contributed by atoms with Crippen molar-refractivity contribution >= 4 is 12.2 Å². The molecule has 1 rings (SSSR count). The molecule has 1 fully saturated rings. The van der Waals surface area contributed by atoms with E-state index in [1.165, 1.54) is 0 Å². The van der Waals surface area contributed by atoms with Gasteiger partial charge in [-0.15, -0.1) is 0 Å². The molecule has 1 aliphatic heterocycles. The van der Waals surface area contributed by atoms with Gasteiger partial charge in [0.25, 0.3) is 0 Å². The van der Waals surface area contributed by atoms with Crippen molar-refractivity contribution in [3.63, 3.8) is 0 Å². The Balaban J connectivity index is 2.50. The molecule has 1 saturated heterocycles. The van der Waals surface area contributed by atoms with E-state index in [2.05, 4.69) is 11.9 Å². The Hall–Kier alpha value is -1.35. The quantitative estimate of drug-likeness (QED) is 0.560. The highest BCUT2D eigenvalue weighted by atomic mass is 16.6. The van der Waals surface area contributed by atoms with E-state index in [0.717, 1.165) is 6.42 Å². The number of carbonyl (C=O) groups is 1. The molecule has 5 heteroatoms. The molecule has 0 radical (unpaired) electrons. The summed E-state index contributed by atoms with van der Waals surface area (Å²) in [4.78, 5) is 27.4. The lowest BCUT2D eigenvalue weighted by atomic mass is 9.87. The summed E-state index contributed by atoms with van der Waals surface area (Å²) < 4.78 is 5.34. The number of piperidine rings is 1. The lowest BCUT2D eigenvalue weighted by Gasteiger charge is -2.36. The summed E-state index contributed by atoms with van der Waals surface area (Å²) >= 11 is 0. The molecular formula is C13H22N2O3. The van der Waals surface area contributed by atoms with E-state index in [0.29, 0.717) is 31.5 Å². The number of rotatable bonds is 2. The third-order valence-electron chi connectivity index (χ3n) is 3.12. The van der Waals surface area contributed by atoms with Gasteiger partial charge < -0.3 is 9.64 Å². The normalized spacial score (nSPS) is 24.3. The second kappa shape index (κ2) is 6.01. The average molecular weight is 254 g/mol. The molecule has 0 N–H and O–H groups in total. The van der Waals surface area contributed by atoms with E-state index < -0.39 is 5.60 Å². The summed E-state index contributed by atoms with van der Waals surface area (Å²) in [7, 11) is 0. The largest absolute Gasteiger partial charge is 0.444 e. The number of hydrogen-bond donors (Lipinski definition) is 0. The summed E-state index contributed by atoms with van der Waals surface area (Å²) in [5, 5.41) is 0. The molecule has 18 heavy (non-hydrogen) atoms. The fraction of sp³-hybridized carbons (Fsp3) is 0.846. The molecule has 102 valence electrons. The van der Waals surface area contributed by atoms with Crippen LogP contribution in [0.2, 0.25) is 0 Å². The zero-order valence-corrected chi connectivity index (χ0v) is 11.6. The van der Waals surface area contributed by atoms with Crippen LogP contribution < -0.4 is 0 Å². The van der Waals surface area contributed by atoms with Crippen LogP contribution in [0.25, 0.3) is 0 Å². The van der Waals surface area contributed by atoms with E-state index in [1.807, 2.05) is 20.8 Å². The summed E-state index contributed by atoms with van der Waals surface area (Å²) in [6.45, 7) is 9.49. The smallest absolute Gasteiger partial charge is 0.410 e. The van der Waals surface area contributed by atoms with Crippen molar-refractivity contribution < 1.29 is 14.3 Å². The van der Waals surface area contributed by atoms with Crippen LogP contribution >= 0.6 is 0 Å². The van der Waals surface area contributed by atoms with Gasteiger partial charge in [0.05, 0.1) is 6.54 Å². The first-order valence-electron chi connectivity index (χ1n) is 6.35. The SMILES string of the molecule is CC1CN(C(=O)OC(C)(C)C)CCC1CN=C=O. The summed E-state index contributed by atoms with van der Waals surface area (Å²) in [5.74, 6) is 0.675. The second-order valence-electron chi connectivity index (χ2n) is 5.88. The first-order valence-corrected chi connectivity index (χ1v) is 6.35. The second-order valence-corrected chi connectivity index (χ2v) is 5.88. The minimum Gasteiger partial charge on any atom is -0.444 e. The Morgan fingerprint density at radius 3 is 2.67 bits per heavy atom. The van der Waals surface area contributed by atoms with Crippen LogP contribution in [-0.4, -0.2) is 42.3 Å². The zero-order chi connectivity index (χ0) is 13.8. The highest BCUT2D eigenvalue weighted by Crippen LogP contribution is 2.24. The number of isocyanates is 1. The van der Waals surface area contributed by atoms with Crippen molar-refractivity contribution in [2.45, 2.75) is 39.7 Å². The Kier molecular flexibility index (Phi) is 4.91. The first kappa shape index (κ1) is 14.7. The molecule has 1 heterocycles. The van der Waals surface area contributed by atoms with Gasteiger partial charge in [0, 0.05) is 13.1 Å². The molecule has 1 aliphatic rings. The van der Waals surface area contributed by atoms with E-state index >= 15 is 0 Å². The lowest BCUT2D eigenvalue weighted by Crippen LogP contribution is -2.45. The lowest BCUT2D eigenvalue weighted by molar-refractivity contribution is 0.0122. The predicted molar refractivity (Wildman–Crippen MR) is 68.1 cm³/mol. The molecular weight excluding hydrogens is 232 g/mol. The van der Waals surface area contributed by atoms with Gasteiger partial charge in [0.2, 0.25) is 6.08 Å². The van der Waals surface area contributed by atoms with Gasteiger partial charge in [0.1, 0.15) is 5.60 Å². The van der Waals surface area contributed by atoms with Crippen LogP contribution in [0.4, 0.5) is 4.79 Å². The maximum absolute atomic E-state index is 11.9. The molecule has 0 aromatic rings. The Labute approximate surface area is 108 Å². The Morgan fingerprint density at radius 1 is 1.50 bits per heavy atom. The van der Waals surface area contributed by atoms with Gasteiger partial charge in [-0.2, -0.15) is 0 Å². The molecule has 0 aliphatic carbocycles. The predicted octanol–water partition coefficient (Wildman–Crippen LogP) is 2.22. The van der Waals surface area contributed by atoms with E-state index in [9.17, 15) is 9.59 Å². The first-order chi connectivity index (χ1) is 8.33. The van der Waals surface area contributed by atoms with Crippen LogP contribution in [-0.2, 0) is 9.53 Å². The van der Waals surface area contributed by atoms with Crippen molar-refractivity contribution in [3.8, 4) is 0 Å². The van der Waals surface area contributed by atoms with Crippen LogP contribution in [0.5, 0.6) is 0 Å². The molecule has 0 aromatic carbocycles. The summed E-state index contributed by atoms with van der Waals surface area (Å²) in [6, 6.07) is 0. The van der Waals surface area contributed by atoms with Gasteiger partial charge >= 0.3 is 6.09 Å². The highest BCUT2D eigenvalue weighted by molar-refractivity contribution is 5.68. The number of hydrogen-bond acceptors (Lipinski definition) is 4. The number of likely N-dealkylation sites (tertiary alicyclic amines) is 1. The molecule has 0 spiro atoms. The monoisotopic (exact) mass is 254 g/mol. The fourth-order valence-corrected chi connectivity index (χ4v) is 2.11. The maximum Gasteiger partial charge on any atom is 0.410 e. The molecule has 0 aromatic heterocycles. The van der Waals surface area contributed by atoms with Crippen molar-refractivity contribution in [3.05, 3.63) is 0 Å². The topological polar surface area (TPSA) is 59.0 Å². The minimum atomic E-state index is -0.459. The number of nitrogens with zero attached hydrogens (tertiary/aromatic N) is 2. The molecule has 1 amide bonds. The number of ether oxygens (including phenoxy) is 1. The van der Waals surface area contributed by atoms with Gasteiger partial charge in [-0.05, 0) is 39.0 Å². The zero-order valence-electron chi connectivity index (χ0n) is 11.6. The number of amides is 1. The van der Waals surface area contributed by atoms with Crippen molar-refractivity contribution in [1.29, 1.82) is 0 Å². The van der Waals surface area contributed by atoms with Crippen LogP contribution in [0.3, 0.4) is 0 Å². The molecule has 2 unspecified atom stereocenters. The minimum absolute atomic E-state index is 0.258. The van der Waals surface area contributed by atoms with Crippen molar-refractivity contribution in [1.82, 2.24) is 4.90 Å². The standard InChI is InChI=1S/C13H22N2O3/c1-10-8-15(12(17)18-13(2,3)4)6-5-11(10)7-14-9-16/h10-11H,5-8H2,1-4H3. The molecule has 2 atom stereocenters. The summed E-state index contributed by atoms with van der Waals surface area (Å²) in [5.41, 5.74) is -0.459. The van der Waals surface area contributed by atoms with Gasteiger partial charge in [-0.3, -0.25) is 0 Å². The van der Waals surface area contributed by atoms with E-state index in [-0.39, 0.29) is 6.09 Å². The van der Waals surface area contributed by atoms with E-state index in [1.54, 1.807) is 11.0 Å². The highest BCUT2D eigenvalue weighted by Gasteiger charge is 2.30. The van der Waals surface area contributed by atoms with Crippen LogP contribution in [0.15, 0.2) is 4.99 Å². The van der Waals surface area contributed by atoms with Gasteiger partial charge in [0.15, 0.2) is 0 Å². The molecule has 0 bridgehead atoms. The fourth-order valence-electron chi connectivity index (χ4n) is 2.11. The van der Waals surface area contributed by atoms with Crippen LogP contribution in [0, 0.1) is 11.8 Å². The van der Waals surface area contributed by atoms with E-state index in [4.69, 9.17) is 4.74 Å². The molecule has 5 nitrogen and oxygen atoms in total. The third-order valence-corrected chi connectivity index (χ3v) is 3.12. The number of aliphatic imine (C=N–C) groups is 1. The Morgan fingerprint density at radius 2 is 2.17 bits per heavy atom. The Bertz CT molecular complexity index is 343. The van der Waals surface area contributed by atoms with Crippen molar-refractivity contribution in [2.75, 3.05) is 19.6 Å². The average Bonchev–Trinajstić information content (AvgIpc) is 2.25. The van der Waals surface area contributed by atoms with Crippen molar-refractivity contribution in [2.24, 2.45) is 16.8 Å². The maximum atomic E-state index is 11.9. The van der Waals surface area contributed by atoms with Crippen LogP contribution in [0.1, 0.15) is 34.1 Å². The summed E-state index contributed by atoms with van der Waals surface area (Å²) in [6.07, 6.45) is 2.17. The van der Waals surface area contributed by atoms with Gasteiger partial charge in [-0.1, -0.05) is 6.92 Å².